The Balaban J connectivity index is 1.27. The van der Waals surface area contributed by atoms with E-state index >= 15 is 0 Å². The molecule has 32 heavy (non-hydrogen) atoms. The van der Waals surface area contributed by atoms with Crippen LogP contribution in [0.3, 0.4) is 0 Å². The quantitative estimate of drug-likeness (QED) is 0.697. The molecule has 2 aliphatic rings. The highest BCUT2D eigenvalue weighted by Crippen LogP contribution is 2.24. The molecule has 2 aliphatic heterocycles. The average Bonchev–Trinajstić information content (AvgIpc) is 2.99. The molecule has 0 saturated carbocycles. The van der Waals surface area contributed by atoms with Gasteiger partial charge in [-0.1, -0.05) is 29.8 Å². The van der Waals surface area contributed by atoms with E-state index in [-0.39, 0.29) is 36.6 Å². The van der Waals surface area contributed by atoms with E-state index in [1.165, 1.54) is 13.1 Å². The van der Waals surface area contributed by atoms with Crippen molar-refractivity contribution in [3.63, 3.8) is 0 Å². The number of nitrogens with one attached hydrogen (secondary N) is 1. The minimum atomic E-state index is -0.376. The number of piperazine rings is 1. The lowest BCUT2D eigenvalue weighted by atomic mass is 10.1. The van der Waals surface area contributed by atoms with Gasteiger partial charge < -0.3 is 10.2 Å². The summed E-state index contributed by atoms with van der Waals surface area (Å²) in [5.74, 6) is -0.918. The van der Waals surface area contributed by atoms with Gasteiger partial charge in [-0.25, -0.2) is 0 Å². The number of imide groups is 1. The fraction of sp³-hybridized carbons (Fsp3) is 0.304. The van der Waals surface area contributed by atoms with Crippen LogP contribution in [0.25, 0.3) is 0 Å². The Morgan fingerprint density at radius 3 is 2.38 bits per heavy atom. The van der Waals surface area contributed by atoms with Crippen LogP contribution in [-0.4, -0.2) is 78.1 Å². The minimum Gasteiger partial charge on any atom is -0.340 e. The van der Waals surface area contributed by atoms with Crippen LogP contribution in [0.4, 0.5) is 5.69 Å². The molecule has 0 bridgehead atoms. The molecule has 0 aromatic heterocycles. The van der Waals surface area contributed by atoms with Gasteiger partial charge in [0.05, 0.1) is 24.1 Å². The largest absolute Gasteiger partial charge is 0.340 e. The van der Waals surface area contributed by atoms with E-state index in [4.69, 9.17) is 11.6 Å². The lowest BCUT2D eigenvalue weighted by Crippen LogP contribution is -2.50. The molecule has 4 amide bonds. The van der Waals surface area contributed by atoms with Crippen molar-refractivity contribution in [2.45, 2.75) is 6.42 Å². The smallest absolute Gasteiger partial charge is 0.261 e. The van der Waals surface area contributed by atoms with E-state index in [9.17, 15) is 19.2 Å². The van der Waals surface area contributed by atoms with Gasteiger partial charge >= 0.3 is 0 Å². The molecule has 2 aromatic rings. The zero-order valence-corrected chi connectivity index (χ0v) is 18.4. The molecule has 0 unspecified atom stereocenters. The summed E-state index contributed by atoms with van der Waals surface area (Å²) in [4.78, 5) is 54.0. The Labute approximate surface area is 190 Å². The molecule has 8 nitrogen and oxygen atoms in total. The number of carbonyl (C=O) groups is 4. The number of rotatable bonds is 5. The van der Waals surface area contributed by atoms with Crippen LogP contribution in [0.1, 0.15) is 26.3 Å². The van der Waals surface area contributed by atoms with Crippen LogP contribution in [-0.2, 0) is 16.0 Å². The third-order valence-electron chi connectivity index (χ3n) is 5.77. The van der Waals surface area contributed by atoms with Gasteiger partial charge in [0, 0.05) is 43.9 Å². The van der Waals surface area contributed by atoms with Crippen LogP contribution >= 0.6 is 11.6 Å². The summed E-state index contributed by atoms with van der Waals surface area (Å²) in [5.41, 5.74) is 1.91. The number of halogens is 1. The molecule has 4 rings (SSSR count). The number of anilines is 1. The van der Waals surface area contributed by atoms with E-state index in [1.54, 1.807) is 23.1 Å². The van der Waals surface area contributed by atoms with Gasteiger partial charge in [-0.3, -0.25) is 29.0 Å². The highest BCUT2D eigenvalue weighted by Gasteiger charge is 2.33. The molecule has 0 aliphatic carbocycles. The molecule has 9 heteroatoms. The second kappa shape index (κ2) is 9.10. The molecule has 0 spiro atoms. The molecule has 1 N–H and O–H groups in total. The van der Waals surface area contributed by atoms with Crippen LogP contribution in [0.5, 0.6) is 0 Å². The topological polar surface area (TPSA) is 90.0 Å². The van der Waals surface area contributed by atoms with Crippen molar-refractivity contribution in [3.05, 3.63) is 64.2 Å². The molecule has 1 fully saturated rings. The summed E-state index contributed by atoms with van der Waals surface area (Å²) < 4.78 is 0. The van der Waals surface area contributed by atoms with Gasteiger partial charge in [0.1, 0.15) is 0 Å². The molecular formula is C23H23ClN4O4. The van der Waals surface area contributed by atoms with E-state index < -0.39 is 0 Å². The van der Waals surface area contributed by atoms with E-state index in [2.05, 4.69) is 5.32 Å². The molecule has 2 aromatic carbocycles. The number of amides is 4. The third kappa shape index (κ3) is 4.51. The van der Waals surface area contributed by atoms with Crippen molar-refractivity contribution in [3.8, 4) is 0 Å². The summed E-state index contributed by atoms with van der Waals surface area (Å²) >= 11 is 6.15. The Hall–Kier alpha value is -3.23. The predicted molar refractivity (Wildman–Crippen MR) is 120 cm³/mol. The summed E-state index contributed by atoms with van der Waals surface area (Å²) in [5, 5.41) is 3.37. The van der Waals surface area contributed by atoms with Gasteiger partial charge in [0.25, 0.3) is 11.8 Å². The lowest BCUT2D eigenvalue weighted by Gasteiger charge is -2.34. The summed E-state index contributed by atoms with van der Waals surface area (Å²) in [6.07, 6.45) is 0.259. The lowest BCUT2D eigenvalue weighted by molar-refractivity contribution is -0.132. The van der Waals surface area contributed by atoms with E-state index in [0.717, 1.165) is 10.5 Å². The van der Waals surface area contributed by atoms with Crippen LogP contribution in [0.15, 0.2) is 42.5 Å². The van der Waals surface area contributed by atoms with Gasteiger partial charge in [-0.2, -0.15) is 0 Å². The van der Waals surface area contributed by atoms with Crippen LogP contribution < -0.4 is 5.32 Å². The fourth-order valence-electron chi connectivity index (χ4n) is 3.91. The average molecular weight is 455 g/mol. The van der Waals surface area contributed by atoms with Crippen molar-refractivity contribution in [1.29, 1.82) is 0 Å². The number of benzene rings is 2. The first-order valence-corrected chi connectivity index (χ1v) is 10.7. The summed E-state index contributed by atoms with van der Waals surface area (Å²) in [7, 11) is 1.43. The normalized spacial score (nSPS) is 16.3. The maximum atomic E-state index is 12.6. The van der Waals surface area contributed by atoms with Gasteiger partial charge in [0.15, 0.2) is 0 Å². The number of nitrogens with zero attached hydrogens (tertiary/aromatic N) is 3. The fourth-order valence-corrected chi connectivity index (χ4v) is 4.12. The summed E-state index contributed by atoms with van der Waals surface area (Å²) in [6, 6.07) is 12.0. The molecular weight excluding hydrogens is 432 g/mol. The first kappa shape index (κ1) is 22.0. The minimum absolute atomic E-state index is 0.0181. The number of carbonyl (C=O) groups excluding carboxylic acids is 4. The number of hydrogen-bond donors (Lipinski definition) is 1. The Morgan fingerprint density at radius 1 is 0.969 bits per heavy atom. The standard InChI is InChI=1S/C23H23ClN4O4/c1-26-22(31)17-7-6-16(13-18(17)23(26)32)25-20(29)14-27-8-10-28(11-9-27)21(30)12-15-4-2-3-5-19(15)24/h2-7,13H,8-12,14H2,1H3,(H,25,29). The van der Waals surface area contributed by atoms with Crippen molar-refractivity contribution in [1.82, 2.24) is 14.7 Å². The molecule has 0 atom stereocenters. The van der Waals surface area contributed by atoms with Gasteiger partial charge in [-0.05, 0) is 29.8 Å². The number of fused-ring (bicyclic) bond motifs is 1. The number of hydrogen-bond acceptors (Lipinski definition) is 5. The first-order valence-electron chi connectivity index (χ1n) is 10.3. The molecule has 2 heterocycles. The van der Waals surface area contributed by atoms with Crippen LogP contribution in [0, 0.1) is 0 Å². The second-order valence-corrected chi connectivity index (χ2v) is 8.31. The molecule has 166 valence electrons. The molecule has 0 radical (unpaired) electrons. The SMILES string of the molecule is CN1C(=O)c2ccc(NC(=O)CN3CCN(C(=O)Cc4ccccc4Cl)CC3)cc2C1=O. The van der Waals surface area contributed by atoms with Gasteiger partial charge in [0.2, 0.25) is 11.8 Å². The van der Waals surface area contributed by atoms with Crippen molar-refractivity contribution in [2.24, 2.45) is 0 Å². The second-order valence-electron chi connectivity index (χ2n) is 7.90. The zero-order valence-electron chi connectivity index (χ0n) is 17.6. The summed E-state index contributed by atoms with van der Waals surface area (Å²) in [6.45, 7) is 2.43. The van der Waals surface area contributed by atoms with Crippen LogP contribution in [0.2, 0.25) is 5.02 Å². The van der Waals surface area contributed by atoms with Crippen molar-refractivity contribution in [2.75, 3.05) is 45.1 Å². The zero-order chi connectivity index (χ0) is 22.8. The Morgan fingerprint density at radius 2 is 1.66 bits per heavy atom. The maximum absolute atomic E-state index is 12.6. The molecule has 1 saturated heterocycles. The van der Waals surface area contributed by atoms with E-state index in [0.29, 0.717) is 48.0 Å². The van der Waals surface area contributed by atoms with Gasteiger partial charge in [-0.15, -0.1) is 0 Å². The maximum Gasteiger partial charge on any atom is 0.261 e. The van der Waals surface area contributed by atoms with Crippen molar-refractivity contribution >= 4 is 40.9 Å². The Kier molecular flexibility index (Phi) is 6.25. The monoisotopic (exact) mass is 454 g/mol. The highest BCUT2D eigenvalue weighted by atomic mass is 35.5. The highest BCUT2D eigenvalue weighted by molar-refractivity contribution is 6.31. The Bertz CT molecular complexity index is 1100. The third-order valence-corrected chi connectivity index (χ3v) is 6.13. The predicted octanol–water partition coefficient (Wildman–Crippen LogP) is 1.89. The first-order chi connectivity index (χ1) is 15.3. The van der Waals surface area contributed by atoms with E-state index in [1.807, 2.05) is 23.1 Å². The van der Waals surface area contributed by atoms with Crippen molar-refractivity contribution < 1.29 is 19.2 Å².